The molecule has 0 atom stereocenters. The molecule has 0 aromatic heterocycles. The summed E-state index contributed by atoms with van der Waals surface area (Å²) in [5.74, 6) is -1.84. The van der Waals surface area contributed by atoms with Crippen molar-refractivity contribution < 1.29 is 18.8 Å². The van der Waals surface area contributed by atoms with Crippen molar-refractivity contribution in [1.82, 2.24) is 4.90 Å². The number of benzene rings is 2. The lowest BCUT2D eigenvalue weighted by molar-refractivity contribution is -0.143. The molecule has 9 heteroatoms. The van der Waals surface area contributed by atoms with Crippen LogP contribution >= 0.6 is 11.6 Å². The van der Waals surface area contributed by atoms with Crippen molar-refractivity contribution in [2.75, 3.05) is 41.7 Å². The molecule has 0 aliphatic carbocycles. The van der Waals surface area contributed by atoms with E-state index in [2.05, 4.69) is 10.6 Å². The highest BCUT2D eigenvalue weighted by Gasteiger charge is 2.27. The lowest BCUT2D eigenvalue weighted by atomic mass is 10.0. The molecule has 1 fully saturated rings. The zero-order chi connectivity index (χ0) is 21.3. The summed E-state index contributed by atoms with van der Waals surface area (Å²) in [5, 5.41) is 5.48. The zero-order valence-corrected chi connectivity index (χ0v) is 16.8. The van der Waals surface area contributed by atoms with Crippen molar-refractivity contribution >= 4 is 46.4 Å². The maximum absolute atomic E-state index is 13.7. The minimum absolute atomic E-state index is 0.0325. The van der Waals surface area contributed by atoms with Crippen LogP contribution in [0.4, 0.5) is 21.5 Å². The number of carbonyl (C=O) groups is 3. The van der Waals surface area contributed by atoms with Gasteiger partial charge in [0, 0.05) is 49.7 Å². The molecule has 1 saturated heterocycles. The molecule has 7 nitrogen and oxygen atoms in total. The van der Waals surface area contributed by atoms with Crippen LogP contribution in [0.15, 0.2) is 36.4 Å². The van der Waals surface area contributed by atoms with Gasteiger partial charge in [-0.25, -0.2) is 4.39 Å². The van der Waals surface area contributed by atoms with Crippen molar-refractivity contribution in [1.29, 1.82) is 0 Å². The summed E-state index contributed by atoms with van der Waals surface area (Å²) >= 11 is 5.72. The summed E-state index contributed by atoms with van der Waals surface area (Å²) in [5.41, 5.74) is 2.85. The first-order valence-electron chi connectivity index (χ1n) is 9.64. The van der Waals surface area contributed by atoms with Gasteiger partial charge >= 0.3 is 11.8 Å². The average Bonchev–Trinajstić information content (AvgIpc) is 2.75. The van der Waals surface area contributed by atoms with E-state index in [-0.39, 0.29) is 10.9 Å². The Bertz CT molecular complexity index is 1020. The van der Waals surface area contributed by atoms with Crippen molar-refractivity contribution in [3.8, 4) is 0 Å². The first kappa shape index (κ1) is 20.2. The second kappa shape index (κ2) is 8.31. The second-order valence-electron chi connectivity index (χ2n) is 7.25. The van der Waals surface area contributed by atoms with Crippen LogP contribution in [0, 0.1) is 5.82 Å². The van der Waals surface area contributed by atoms with Crippen LogP contribution in [-0.2, 0) is 20.8 Å². The summed E-state index contributed by atoms with van der Waals surface area (Å²) < 4.78 is 13.7. The number of piperazine rings is 1. The molecular formula is C21H20ClFN4O3. The largest absolute Gasteiger partial charge is 0.368 e. The van der Waals surface area contributed by atoms with Gasteiger partial charge in [0.15, 0.2) is 0 Å². The molecule has 2 N–H and O–H groups in total. The number of aryl methyl sites for hydroxylation is 1. The molecule has 0 spiro atoms. The van der Waals surface area contributed by atoms with Gasteiger partial charge in [-0.3, -0.25) is 14.4 Å². The fourth-order valence-corrected chi connectivity index (χ4v) is 3.76. The predicted octanol–water partition coefficient (Wildman–Crippen LogP) is 2.65. The molecule has 30 heavy (non-hydrogen) atoms. The van der Waals surface area contributed by atoms with Crippen LogP contribution in [0.1, 0.15) is 12.0 Å². The SMILES string of the molecule is O=C1CCc2cc(NC(=O)C(=O)N3CCN(c4ccc(Cl)c(F)c4)CC3)ccc2N1. The monoisotopic (exact) mass is 430 g/mol. The molecular weight excluding hydrogens is 411 g/mol. The Labute approximate surface area is 177 Å². The summed E-state index contributed by atoms with van der Waals surface area (Å²) in [6, 6.07) is 9.74. The van der Waals surface area contributed by atoms with E-state index in [0.717, 1.165) is 11.3 Å². The Morgan fingerprint density at radius 1 is 1.03 bits per heavy atom. The van der Waals surface area contributed by atoms with Crippen molar-refractivity contribution in [2.45, 2.75) is 12.8 Å². The molecule has 156 valence electrons. The molecule has 2 aromatic carbocycles. The lowest BCUT2D eigenvalue weighted by Crippen LogP contribution is -2.51. The number of amides is 3. The highest BCUT2D eigenvalue weighted by molar-refractivity contribution is 6.39. The smallest absolute Gasteiger partial charge is 0.313 e. The van der Waals surface area contributed by atoms with Crippen molar-refractivity contribution in [3.05, 3.63) is 52.8 Å². The van der Waals surface area contributed by atoms with Gasteiger partial charge < -0.3 is 20.4 Å². The highest BCUT2D eigenvalue weighted by Crippen LogP contribution is 2.26. The number of nitrogens with zero attached hydrogens (tertiary/aromatic N) is 2. The van der Waals surface area contributed by atoms with Crippen LogP contribution in [0.2, 0.25) is 5.02 Å². The average molecular weight is 431 g/mol. The number of anilines is 3. The molecule has 2 aliphatic rings. The number of nitrogens with one attached hydrogen (secondary N) is 2. The normalized spacial score (nSPS) is 16.0. The van der Waals surface area contributed by atoms with Gasteiger partial charge in [0.05, 0.1) is 5.02 Å². The maximum Gasteiger partial charge on any atom is 0.313 e. The number of rotatable bonds is 2. The van der Waals surface area contributed by atoms with Crippen LogP contribution in [0.25, 0.3) is 0 Å². The van der Waals surface area contributed by atoms with E-state index in [1.165, 1.54) is 17.0 Å². The van der Waals surface area contributed by atoms with E-state index in [0.29, 0.717) is 50.4 Å². The van der Waals surface area contributed by atoms with E-state index in [1.807, 2.05) is 4.90 Å². The van der Waals surface area contributed by atoms with Crippen molar-refractivity contribution in [2.24, 2.45) is 0 Å². The quantitative estimate of drug-likeness (QED) is 0.718. The predicted molar refractivity (Wildman–Crippen MR) is 112 cm³/mol. The Hall–Kier alpha value is -3.13. The van der Waals surface area contributed by atoms with Crippen molar-refractivity contribution in [3.63, 3.8) is 0 Å². The van der Waals surface area contributed by atoms with Gasteiger partial charge in [0.25, 0.3) is 0 Å². The minimum Gasteiger partial charge on any atom is -0.368 e. The van der Waals surface area contributed by atoms with Crippen LogP contribution in [0.5, 0.6) is 0 Å². The number of hydrogen-bond donors (Lipinski definition) is 2. The highest BCUT2D eigenvalue weighted by atomic mass is 35.5. The molecule has 4 rings (SSSR count). The Morgan fingerprint density at radius 2 is 1.80 bits per heavy atom. The van der Waals surface area contributed by atoms with Crippen LogP contribution < -0.4 is 15.5 Å². The van der Waals surface area contributed by atoms with E-state index < -0.39 is 17.6 Å². The third-order valence-electron chi connectivity index (χ3n) is 5.29. The summed E-state index contributed by atoms with van der Waals surface area (Å²) in [6.07, 6.45) is 0.983. The molecule has 3 amide bonds. The Kier molecular flexibility index (Phi) is 5.59. The maximum atomic E-state index is 13.7. The lowest BCUT2D eigenvalue weighted by Gasteiger charge is -2.35. The molecule has 0 radical (unpaired) electrons. The van der Waals surface area contributed by atoms with E-state index in [9.17, 15) is 18.8 Å². The topological polar surface area (TPSA) is 81.8 Å². The third-order valence-corrected chi connectivity index (χ3v) is 5.59. The van der Waals surface area contributed by atoms with Gasteiger partial charge in [0.1, 0.15) is 5.82 Å². The fraction of sp³-hybridized carbons (Fsp3) is 0.286. The molecule has 0 bridgehead atoms. The van der Waals surface area contributed by atoms with E-state index >= 15 is 0 Å². The Balaban J connectivity index is 1.34. The molecule has 0 saturated carbocycles. The zero-order valence-electron chi connectivity index (χ0n) is 16.1. The second-order valence-corrected chi connectivity index (χ2v) is 7.66. The summed E-state index contributed by atoms with van der Waals surface area (Å²) in [6.45, 7) is 1.68. The number of halogens is 2. The van der Waals surface area contributed by atoms with E-state index in [4.69, 9.17) is 11.6 Å². The summed E-state index contributed by atoms with van der Waals surface area (Å²) in [4.78, 5) is 39.8. The minimum atomic E-state index is -0.708. The third kappa shape index (κ3) is 4.23. The number of carbonyl (C=O) groups excluding carboxylic acids is 3. The standard InChI is InChI=1S/C21H20ClFN4O3/c22-16-4-3-15(12-17(16)23)26-7-9-27(10-8-26)21(30)20(29)24-14-2-5-18-13(11-14)1-6-19(28)25-18/h2-5,11-12H,1,6-10H2,(H,24,29)(H,25,28). The first-order chi connectivity index (χ1) is 14.4. The molecule has 2 aliphatic heterocycles. The van der Waals surface area contributed by atoms with Gasteiger partial charge in [-0.2, -0.15) is 0 Å². The summed E-state index contributed by atoms with van der Waals surface area (Å²) in [7, 11) is 0. The van der Waals surface area contributed by atoms with E-state index in [1.54, 1.807) is 24.3 Å². The van der Waals surface area contributed by atoms with Gasteiger partial charge in [-0.05, 0) is 48.4 Å². The van der Waals surface area contributed by atoms with Gasteiger partial charge in [0.2, 0.25) is 5.91 Å². The molecule has 2 aromatic rings. The number of fused-ring (bicyclic) bond motifs is 1. The fourth-order valence-electron chi connectivity index (χ4n) is 3.64. The molecule has 0 unspecified atom stereocenters. The first-order valence-corrected chi connectivity index (χ1v) is 10.0. The molecule has 2 heterocycles. The number of hydrogen-bond acceptors (Lipinski definition) is 4. The van der Waals surface area contributed by atoms with Crippen LogP contribution in [-0.4, -0.2) is 48.8 Å². The van der Waals surface area contributed by atoms with Gasteiger partial charge in [-0.1, -0.05) is 11.6 Å². The van der Waals surface area contributed by atoms with Crippen LogP contribution in [0.3, 0.4) is 0 Å². The Morgan fingerprint density at radius 3 is 2.53 bits per heavy atom. The van der Waals surface area contributed by atoms with Gasteiger partial charge in [-0.15, -0.1) is 0 Å².